The summed E-state index contributed by atoms with van der Waals surface area (Å²) in [6, 6.07) is 0. The maximum atomic E-state index is 12.3. The van der Waals surface area contributed by atoms with Gasteiger partial charge >= 0.3 is 8.25 Å². The van der Waals surface area contributed by atoms with Crippen molar-refractivity contribution in [3.05, 3.63) is 0 Å². The van der Waals surface area contributed by atoms with Gasteiger partial charge in [-0.05, 0) is 25.7 Å². The standard InChI is InChI=1S/C14H27N2O5P/c1-7-13(8-2,11(17)15-5)20-22(19)21-14(9-3,10-4)12(18)16-6/h7-10H2,1-6H3,(H-,15,16,17,18)/p+1. The Morgan fingerprint density at radius 1 is 0.818 bits per heavy atom. The van der Waals surface area contributed by atoms with Gasteiger partial charge in [-0.1, -0.05) is 27.7 Å². The third-order valence-electron chi connectivity index (χ3n) is 4.06. The van der Waals surface area contributed by atoms with Crippen LogP contribution in [0.3, 0.4) is 0 Å². The summed E-state index contributed by atoms with van der Waals surface area (Å²) in [4.78, 5) is 24.1. The summed E-state index contributed by atoms with van der Waals surface area (Å²) in [5, 5.41) is 5.02. The van der Waals surface area contributed by atoms with Crippen molar-refractivity contribution in [3.8, 4) is 0 Å². The van der Waals surface area contributed by atoms with Crippen molar-refractivity contribution in [3.63, 3.8) is 0 Å². The van der Waals surface area contributed by atoms with Crippen molar-refractivity contribution in [2.45, 2.75) is 64.6 Å². The zero-order valence-electron chi connectivity index (χ0n) is 14.3. The highest BCUT2D eigenvalue weighted by Crippen LogP contribution is 2.41. The van der Waals surface area contributed by atoms with Crippen LogP contribution >= 0.6 is 8.25 Å². The van der Waals surface area contributed by atoms with E-state index in [1.165, 1.54) is 14.1 Å². The summed E-state index contributed by atoms with van der Waals surface area (Å²) >= 11 is 0. The molecule has 0 atom stereocenters. The lowest BCUT2D eigenvalue weighted by Crippen LogP contribution is -2.48. The summed E-state index contributed by atoms with van der Waals surface area (Å²) in [5.74, 6) is -0.717. The topological polar surface area (TPSA) is 93.7 Å². The molecule has 2 N–H and O–H groups in total. The molecule has 2 amide bonds. The van der Waals surface area contributed by atoms with Crippen LogP contribution in [0.25, 0.3) is 0 Å². The van der Waals surface area contributed by atoms with Gasteiger partial charge in [-0.3, -0.25) is 9.59 Å². The average Bonchev–Trinajstić information content (AvgIpc) is 2.56. The molecule has 0 radical (unpaired) electrons. The van der Waals surface area contributed by atoms with E-state index in [2.05, 4.69) is 10.6 Å². The fourth-order valence-corrected chi connectivity index (χ4v) is 3.53. The van der Waals surface area contributed by atoms with Gasteiger partial charge in [0.25, 0.3) is 11.8 Å². The Labute approximate surface area is 133 Å². The van der Waals surface area contributed by atoms with Crippen LogP contribution in [0.4, 0.5) is 0 Å². The van der Waals surface area contributed by atoms with Crippen molar-refractivity contribution in [2.75, 3.05) is 14.1 Å². The highest BCUT2D eigenvalue weighted by molar-refractivity contribution is 7.33. The highest BCUT2D eigenvalue weighted by Gasteiger charge is 2.51. The molecule has 7 nitrogen and oxygen atoms in total. The normalized spacial score (nSPS) is 11.9. The first-order valence-electron chi connectivity index (χ1n) is 7.61. The van der Waals surface area contributed by atoms with E-state index in [4.69, 9.17) is 9.05 Å². The zero-order chi connectivity index (χ0) is 17.4. The van der Waals surface area contributed by atoms with Gasteiger partial charge in [-0.15, -0.1) is 9.05 Å². The summed E-state index contributed by atoms with van der Waals surface area (Å²) in [5.41, 5.74) is -2.45. The largest absolute Gasteiger partial charge is 0.699 e. The van der Waals surface area contributed by atoms with Gasteiger partial charge in [0, 0.05) is 18.7 Å². The van der Waals surface area contributed by atoms with E-state index in [1.807, 2.05) is 0 Å². The average molecular weight is 335 g/mol. The molecule has 128 valence electrons. The first-order chi connectivity index (χ1) is 10.3. The molecule has 0 bridgehead atoms. The van der Waals surface area contributed by atoms with Crippen LogP contribution in [0.1, 0.15) is 53.4 Å². The van der Waals surface area contributed by atoms with Crippen LogP contribution in [0.2, 0.25) is 0 Å². The lowest BCUT2D eigenvalue weighted by molar-refractivity contribution is -0.141. The Balaban J connectivity index is 5.25. The SMILES string of the molecule is CCC(CC)(O[P+](=O)OC(CC)(CC)C(=O)NC)C(=O)NC. The Hall–Kier alpha value is -1.04. The predicted octanol–water partition coefficient (Wildman–Crippen LogP) is 2.29. The molecule has 0 heterocycles. The Bertz CT molecular complexity index is 370. The number of carbonyl (C=O) groups is 2. The molecule has 0 spiro atoms. The van der Waals surface area contributed by atoms with E-state index in [1.54, 1.807) is 27.7 Å². The molecule has 0 aliphatic carbocycles. The molecule has 8 heteroatoms. The molecule has 0 aromatic heterocycles. The fourth-order valence-electron chi connectivity index (χ4n) is 2.24. The van der Waals surface area contributed by atoms with E-state index in [0.717, 1.165) is 0 Å². The molecular formula is C14H28N2O5P+. The van der Waals surface area contributed by atoms with Gasteiger partial charge in [-0.2, -0.15) is 0 Å². The minimum atomic E-state index is -2.63. The lowest BCUT2D eigenvalue weighted by atomic mass is 9.97. The van der Waals surface area contributed by atoms with Gasteiger partial charge in [-0.25, -0.2) is 0 Å². The van der Waals surface area contributed by atoms with Gasteiger partial charge in [0.15, 0.2) is 0 Å². The smallest absolute Gasteiger partial charge is 0.356 e. The Kier molecular flexibility index (Phi) is 8.74. The minimum absolute atomic E-state index is 0.346. The van der Waals surface area contributed by atoms with Gasteiger partial charge in [0.05, 0.1) is 0 Å². The number of hydrogen-bond acceptors (Lipinski definition) is 5. The van der Waals surface area contributed by atoms with Crippen molar-refractivity contribution in [1.82, 2.24) is 10.6 Å². The third kappa shape index (κ3) is 4.48. The number of hydrogen-bond donors (Lipinski definition) is 2. The fraction of sp³-hybridized carbons (Fsp3) is 0.857. The maximum absolute atomic E-state index is 12.3. The molecule has 0 saturated carbocycles. The molecule has 0 aromatic carbocycles. The summed E-state index contributed by atoms with van der Waals surface area (Å²) in [6.45, 7) is 7.09. The van der Waals surface area contributed by atoms with Crippen LogP contribution in [-0.2, 0) is 23.2 Å². The van der Waals surface area contributed by atoms with Crippen molar-refractivity contribution in [1.29, 1.82) is 0 Å². The van der Waals surface area contributed by atoms with Gasteiger partial charge < -0.3 is 10.6 Å². The molecular weight excluding hydrogens is 307 g/mol. The molecule has 0 aromatic rings. The van der Waals surface area contributed by atoms with E-state index < -0.39 is 19.5 Å². The lowest BCUT2D eigenvalue weighted by Gasteiger charge is -2.25. The first kappa shape index (κ1) is 21.0. The van der Waals surface area contributed by atoms with Crippen LogP contribution in [0, 0.1) is 0 Å². The van der Waals surface area contributed by atoms with Crippen LogP contribution in [0.5, 0.6) is 0 Å². The number of nitrogens with one attached hydrogen (secondary N) is 2. The van der Waals surface area contributed by atoms with Gasteiger partial charge in [0.2, 0.25) is 11.2 Å². The highest BCUT2D eigenvalue weighted by atomic mass is 31.1. The van der Waals surface area contributed by atoms with E-state index in [0.29, 0.717) is 25.7 Å². The Morgan fingerprint density at radius 3 is 1.27 bits per heavy atom. The first-order valence-corrected chi connectivity index (χ1v) is 8.70. The minimum Gasteiger partial charge on any atom is -0.356 e. The molecule has 0 aliphatic heterocycles. The van der Waals surface area contributed by atoms with Crippen molar-refractivity contribution in [2.24, 2.45) is 0 Å². The van der Waals surface area contributed by atoms with Crippen LogP contribution in [-0.4, -0.2) is 37.1 Å². The number of amides is 2. The molecule has 0 fully saturated rings. The molecule has 0 rings (SSSR count). The predicted molar refractivity (Wildman–Crippen MR) is 84.5 cm³/mol. The number of carbonyl (C=O) groups excluding carboxylic acids is 2. The molecule has 0 saturated heterocycles. The summed E-state index contributed by atoms with van der Waals surface area (Å²) in [6.07, 6.45) is 1.38. The monoisotopic (exact) mass is 335 g/mol. The summed E-state index contributed by atoms with van der Waals surface area (Å²) in [7, 11) is 0.358. The molecule has 0 aliphatic rings. The summed E-state index contributed by atoms with van der Waals surface area (Å²) < 4.78 is 23.2. The van der Waals surface area contributed by atoms with E-state index >= 15 is 0 Å². The molecule has 22 heavy (non-hydrogen) atoms. The van der Waals surface area contributed by atoms with Crippen LogP contribution < -0.4 is 10.6 Å². The van der Waals surface area contributed by atoms with E-state index in [-0.39, 0.29) is 11.8 Å². The molecule has 0 unspecified atom stereocenters. The number of likely N-dealkylation sites (N-methyl/N-ethyl adjacent to an activating group) is 2. The van der Waals surface area contributed by atoms with E-state index in [9.17, 15) is 14.2 Å². The quantitative estimate of drug-likeness (QED) is 0.597. The maximum Gasteiger partial charge on any atom is 0.699 e. The third-order valence-corrected chi connectivity index (χ3v) is 5.06. The van der Waals surface area contributed by atoms with Gasteiger partial charge in [0.1, 0.15) is 0 Å². The van der Waals surface area contributed by atoms with Crippen molar-refractivity contribution >= 4 is 20.1 Å². The zero-order valence-corrected chi connectivity index (χ0v) is 15.2. The second-order valence-electron chi connectivity index (χ2n) is 4.97. The number of rotatable bonds is 10. The Morgan fingerprint density at radius 2 is 1.09 bits per heavy atom. The second-order valence-corrected chi connectivity index (χ2v) is 5.78. The second kappa shape index (κ2) is 9.18. The van der Waals surface area contributed by atoms with Crippen LogP contribution in [0.15, 0.2) is 0 Å². The van der Waals surface area contributed by atoms with Crippen molar-refractivity contribution < 1.29 is 23.2 Å².